The van der Waals surface area contributed by atoms with E-state index in [1.165, 1.54) is 0 Å². The third-order valence-electron chi connectivity index (χ3n) is 5.65. The summed E-state index contributed by atoms with van der Waals surface area (Å²) in [5, 5.41) is 7.25. The van der Waals surface area contributed by atoms with Crippen LogP contribution in [0.2, 0.25) is 5.02 Å². The summed E-state index contributed by atoms with van der Waals surface area (Å²) in [6, 6.07) is 2.51. The minimum atomic E-state index is -4.56. The van der Waals surface area contributed by atoms with Gasteiger partial charge in [-0.05, 0) is 43.9 Å². The molecule has 1 aliphatic rings. The molecule has 7 nitrogen and oxygen atoms in total. The fourth-order valence-electron chi connectivity index (χ4n) is 3.88. The minimum absolute atomic E-state index is 0.00157. The van der Waals surface area contributed by atoms with Gasteiger partial charge in [-0.15, -0.1) is 0 Å². The number of rotatable bonds is 6. The number of esters is 1. The smallest absolute Gasteiger partial charge is 0.416 e. The number of amides is 1. The summed E-state index contributed by atoms with van der Waals surface area (Å²) in [5.74, 6) is -1.14. The summed E-state index contributed by atoms with van der Waals surface area (Å²) in [4.78, 5) is 25.3. The zero-order valence-electron chi connectivity index (χ0n) is 19.7. The standard InChI is InChI=1S/C24H29ClF3N3O4/c1-3-19-21-20(6-4-10-34-11-5-9-29-22(21)32)31(30-19)13-15(2)14-35-23(33)17-8-7-16(12-18(17)25)24(26,27)28/h7-8,12,15H,3-6,9-11,13-14H2,1-2H3,(H,29,32)/t15-/m1/s1. The Morgan fingerprint density at radius 1 is 1.31 bits per heavy atom. The number of halogens is 4. The molecule has 2 aromatic rings. The van der Waals surface area contributed by atoms with Crippen molar-refractivity contribution in [2.24, 2.45) is 5.92 Å². The van der Waals surface area contributed by atoms with E-state index in [9.17, 15) is 22.8 Å². The van der Waals surface area contributed by atoms with Gasteiger partial charge in [0.2, 0.25) is 0 Å². The maximum absolute atomic E-state index is 12.8. The van der Waals surface area contributed by atoms with Gasteiger partial charge >= 0.3 is 12.1 Å². The summed E-state index contributed by atoms with van der Waals surface area (Å²) in [6.45, 7) is 5.89. The van der Waals surface area contributed by atoms with E-state index in [0.29, 0.717) is 56.5 Å². The third-order valence-corrected chi connectivity index (χ3v) is 5.96. The molecule has 0 saturated heterocycles. The highest BCUT2D eigenvalue weighted by molar-refractivity contribution is 6.33. The summed E-state index contributed by atoms with van der Waals surface area (Å²) in [6.07, 6.45) is -1.87. The van der Waals surface area contributed by atoms with Gasteiger partial charge in [0.15, 0.2) is 0 Å². The molecule has 0 unspecified atom stereocenters. The van der Waals surface area contributed by atoms with Crippen molar-refractivity contribution in [2.45, 2.75) is 52.3 Å². The maximum Gasteiger partial charge on any atom is 0.416 e. The highest BCUT2D eigenvalue weighted by atomic mass is 35.5. The predicted molar refractivity (Wildman–Crippen MR) is 124 cm³/mol. The summed E-state index contributed by atoms with van der Waals surface area (Å²) < 4.78 is 51.2. The number of aromatic nitrogens is 2. The molecule has 1 amide bonds. The predicted octanol–water partition coefficient (Wildman–Crippen LogP) is 4.69. The average Bonchev–Trinajstić information content (AvgIpc) is 3.13. The second-order valence-electron chi connectivity index (χ2n) is 8.53. The van der Waals surface area contributed by atoms with E-state index < -0.39 is 17.7 Å². The molecular weight excluding hydrogens is 487 g/mol. The number of nitrogens with one attached hydrogen (secondary N) is 1. The molecule has 0 spiro atoms. The third kappa shape index (κ3) is 6.98. The molecule has 35 heavy (non-hydrogen) atoms. The molecule has 11 heteroatoms. The van der Waals surface area contributed by atoms with E-state index in [4.69, 9.17) is 21.1 Å². The van der Waals surface area contributed by atoms with Gasteiger partial charge in [0.05, 0.1) is 39.7 Å². The lowest BCUT2D eigenvalue weighted by atomic mass is 10.1. The Bertz CT molecular complexity index is 1060. The van der Waals surface area contributed by atoms with Crippen molar-refractivity contribution >= 4 is 23.5 Å². The summed E-state index contributed by atoms with van der Waals surface area (Å²) >= 11 is 5.89. The lowest BCUT2D eigenvalue weighted by Crippen LogP contribution is -2.27. The van der Waals surface area contributed by atoms with Crippen LogP contribution in [0.15, 0.2) is 18.2 Å². The number of nitrogens with zero attached hydrogens (tertiary/aromatic N) is 2. The van der Waals surface area contributed by atoms with Crippen molar-refractivity contribution < 1.29 is 32.2 Å². The summed E-state index contributed by atoms with van der Waals surface area (Å²) in [7, 11) is 0. The lowest BCUT2D eigenvalue weighted by Gasteiger charge is -2.16. The summed E-state index contributed by atoms with van der Waals surface area (Å²) in [5.41, 5.74) is 1.04. The molecule has 1 aromatic heterocycles. The average molecular weight is 516 g/mol. The van der Waals surface area contributed by atoms with Gasteiger partial charge in [0.25, 0.3) is 5.91 Å². The van der Waals surface area contributed by atoms with Gasteiger partial charge in [-0.25, -0.2) is 4.79 Å². The SMILES string of the molecule is CCc1nn(C[C@@H](C)COC(=O)c2ccc(C(F)(F)F)cc2Cl)c2c1C(=O)NCCCOCCC2. The fraction of sp³-hybridized carbons (Fsp3) is 0.542. The van der Waals surface area contributed by atoms with E-state index in [2.05, 4.69) is 10.4 Å². The van der Waals surface area contributed by atoms with Crippen LogP contribution in [0.25, 0.3) is 0 Å². The fourth-order valence-corrected chi connectivity index (χ4v) is 4.13. The number of carbonyl (C=O) groups is 2. The topological polar surface area (TPSA) is 82.5 Å². The van der Waals surface area contributed by atoms with Gasteiger partial charge in [0, 0.05) is 32.2 Å². The highest BCUT2D eigenvalue weighted by Crippen LogP contribution is 2.32. The Hall–Kier alpha value is -2.59. The van der Waals surface area contributed by atoms with Crippen molar-refractivity contribution in [1.29, 1.82) is 0 Å². The van der Waals surface area contributed by atoms with Crippen LogP contribution in [0, 0.1) is 5.92 Å². The Kier molecular flexibility index (Phi) is 9.18. The van der Waals surface area contributed by atoms with E-state index in [-0.39, 0.29) is 29.0 Å². The highest BCUT2D eigenvalue weighted by Gasteiger charge is 2.31. The van der Waals surface area contributed by atoms with Crippen LogP contribution < -0.4 is 5.32 Å². The van der Waals surface area contributed by atoms with Gasteiger partial charge in [-0.3, -0.25) is 9.48 Å². The van der Waals surface area contributed by atoms with Crippen molar-refractivity contribution in [1.82, 2.24) is 15.1 Å². The molecule has 0 fully saturated rings. The number of fused-ring (bicyclic) bond motifs is 1. The van der Waals surface area contributed by atoms with Crippen LogP contribution in [-0.4, -0.2) is 48.0 Å². The van der Waals surface area contributed by atoms with Gasteiger partial charge in [-0.1, -0.05) is 25.4 Å². The molecule has 1 atom stereocenters. The van der Waals surface area contributed by atoms with Crippen LogP contribution in [0.5, 0.6) is 0 Å². The van der Waals surface area contributed by atoms with Crippen molar-refractivity contribution in [3.8, 4) is 0 Å². The molecule has 0 saturated carbocycles. The van der Waals surface area contributed by atoms with E-state index in [1.807, 2.05) is 13.8 Å². The van der Waals surface area contributed by atoms with Gasteiger partial charge in [0.1, 0.15) is 0 Å². The number of hydrogen-bond acceptors (Lipinski definition) is 5. The molecule has 1 N–H and O–H groups in total. The molecule has 0 bridgehead atoms. The van der Waals surface area contributed by atoms with Crippen molar-refractivity contribution in [3.05, 3.63) is 51.3 Å². The van der Waals surface area contributed by atoms with Crippen LogP contribution in [0.3, 0.4) is 0 Å². The number of ether oxygens (including phenoxy) is 2. The first-order chi connectivity index (χ1) is 16.6. The Balaban J connectivity index is 1.70. The number of benzene rings is 1. The van der Waals surface area contributed by atoms with Crippen molar-refractivity contribution in [3.63, 3.8) is 0 Å². The van der Waals surface area contributed by atoms with Crippen LogP contribution in [0.4, 0.5) is 13.2 Å². The monoisotopic (exact) mass is 515 g/mol. The number of aryl methyl sites for hydroxylation is 1. The van der Waals surface area contributed by atoms with Crippen LogP contribution >= 0.6 is 11.6 Å². The quantitative estimate of drug-likeness (QED) is 0.564. The first kappa shape index (κ1) is 27.0. The van der Waals surface area contributed by atoms with Crippen LogP contribution in [0.1, 0.15) is 64.4 Å². The number of carbonyl (C=O) groups excluding carboxylic acids is 2. The van der Waals surface area contributed by atoms with Crippen LogP contribution in [-0.2, 0) is 35.0 Å². The Morgan fingerprint density at radius 3 is 2.74 bits per heavy atom. The zero-order valence-corrected chi connectivity index (χ0v) is 20.5. The number of alkyl halides is 3. The van der Waals surface area contributed by atoms with Crippen molar-refractivity contribution in [2.75, 3.05) is 26.4 Å². The molecule has 2 heterocycles. The van der Waals surface area contributed by atoms with E-state index in [1.54, 1.807) is 4.68 Å². The zero-order chi connectivity index (χ0) is 25.6. The van der Waals surface area contributed by atoms with Gasteiger partial charge < -0.3 is 14.8 Å². The molecule has 3 rings (SSSR count). The maximum atomic E-state index is 12.8. The molecule has 192 valence electrons. The normalized spacial score (nSPS) is 16.1. The number of hydrogen-bond donors (Lipinski definition) is 1. The Morgan fingerprint density at radius 2 is 2.06 bits per heavy atom. The first-order valence-corrected chi connectivity index (χ1v) is 12.0. The second kappa shape index (κ2) is 11.9. The van der Waals surface area contributed by atoms with E-state index in [0.717, 1.165) is 30.7 Å². The molecule has 1 aliphatic heterocycles. The largest absolute Gasteiger partial charge is 0.462 e. The first-order valence-electron chi connectivity index (χ1n) is 11.6. The van der Waals surface area contributed by atoms with E-state index >= 15 is 0 Å². The van der Waals surface area contributed by atoms with Gasteiger partial charge in [-0.2, -0.15) is 18.3 Å². The molecule has 0 radical (unpaired) electrons. The molecular formula is C24H29ClF3N3O4. The Labute approximate surface area is 206 Å². The minimum Gasteiger partial charge on any atom is -0.462 e. The molecule has 1 aromatic carbocycles. The second-order valence-corrected chi connectivity index (χ2v) is 8.93. The lowest BCUT2D eigenvalue weighted by molar-refractivity contribution is -0.137. The molecule has 0 aliphatic carbocycles.